The van der Waals surface area contributed by atoms with E-state index in [0.717, 1.165) is 22.9 Å². The molecule has 1 amide bonds. The van der Waals surface area contributed by atoms with E-state index in [0.29, 0.717) is 13.0 Å². The lowest BCUT2D eigenvalue weighted by Gasteiger charge is -2.18. The Labute approximate surface area is 145 Å². The summed E-state index contributed by atoms with van der Waals surface area (Å²) in [5.41, 5.74) is 8.51. The lowest BCUT2D eigenvalue weighted by Crippen LogP contribution is -2.34. The van der Waals surface area contributed by atoms with Gasteiger partial charge in [0.15, 0.2) is 0 Å². The van der Waals surface area contributed by atoms with Gasteiger partial charge in [-0.15, -0.1) is 0 Å². The highest BCUT2D eigenvalue weighted by Crippen LogP contribution is 2.48. The van der Waals surface area contributed by atoms with E-state index in [-0.39, 0.29) is 17.4 Å². The quantitative estimate of drug-likeness (QED) is 0.812. The van der Waals surface area contributed by atoms with Crippen molar-refractivity contribution in [2.24, 2.45) is 5.73 Å². The molecule has 0 aromatic heterocycles. The summed E-state index contributed by atoms with van der Waals surface area (Å²) in [5, 5.41) is 3.07. The molecule has 0 saturated heterocycles. The van der Waals surface area contributed by atoms with Crippen LogP contribution in [0.4, 0.5) is 0 Å². The molecule has 23 heavy (non-hydrogen) atoms. The SMILES string of the molecule is NC(CC(=O)NCC1(c2cccc(Br)c2)CC1)c1ccccc1. The van der Waals surface area contributed by atoms with Crippen LogP contribution in [0.3, 0.4) is 0 Å². The molecule has 1 saturated carbocycles. The number of hydrogen-bond acceptors (Lipinski definition) is 2. The van der Waals surface area contributed by atoms with Gasteiger partial charge in [0.2, 0.25) is 5.91 Å². The molecule has 0 radical (unpaired) electrons. The van der Waals surface area contributed by atoms with E-state index < -0.39 is 0 Å². The van der Waals surface area contributed by atoms with Crippen molar-refractivity contribution in [1.29, 1.82) is 0 Å². The Morgan fingerprint density at radius 2 is 1.91 bits per heavy atom. The molecule has 2 aromatic rings. The van der Waals surface area contributed by atoms with Gasteiger partial charge in [-0.25, -0.2) is 0 Å². The zero-order valence-electron chi connectivity index (χ0n) is 13.0. The summed E-state index contributed by atoms with van der Waals surface area (Å²) in [7, 11) is 0. The number of amides is 1. The van der Waals surface area contributed by atoms with Crippen LogP contribution >= 0.6 is 15.9 Å². The molecule has 1 unspecified atom stereocenters. The van der Waals surface area contributed by atoms with E-state index in [9.17, 15) is 4.79 Å². The molecule has 1 aliphatic carbocycles. The van der Waals surface area contributed by atoms with Crippen molar-refractivity contribution in [2.45, 2.75) is 30.7 Å². The molecule has 1 atom stereocenters. The molecule has 3 rings (SSSR count). The first-order valence-corrected chi connectivity index (χ1v) is 8.72. The second-order valence-electron chi connectivity index (χ2n) is 6.29. The minimum absolute atomic E-state index is 0.0163. The second kappa shape index (κ2) is 6.85. The van der Waals surface area contributed by atoms with E-state index in [1.54, 1.807) is 0 Å². The fraction of sp³-hybridized carbons (Fsp3) is 0.316. The minimum atomic E-state index is -0.253. The number of carbonyl (C=O) groups excluding carboxylic acids is 1. The van der Waals surface area contributed by atoms with Crippen LogP contribution in [0.25, 0.3) is 0 Å². The van der Waals surface area contributed by atoms with Crippen molar-refractivity contribution >= 4 is 21.8 Å². The lowest BCUT2D eigenvalue weighted by atomic mass is 9.96. The zero-order chi connectivity index (χ0) is 16.3. The normalized spacial score (nSPS) is 16.6. The Bertz CT molecular complexity index is 683. The number of nitrogens with one attached hydrogen (secondary N) is 1. The predicted molar refractivity (Wildman–Crippen MR) is 96.1 cm³/mol. The first-order chi connectivity index (χ1) is 11.1. The van der Waals surface area contributed by atoms with Gasteiger partial charge in [-0.3, -0.25) is 4.79 Å². The fourth-order valence-electron chi connectivity index (χ4n) is 2.89. The Kier molecular flexibility index (Phi) is 4.83. The molecular weight excluding hydrogens is 352 g/mol. The largest absolute Gasteiger partial charge is 0.355 e. The summed E-state index contributed by atoms with van der Waals surface area (Å²) in [6.07, 6.45) is 2.56. The van der Waals surface area contributed by atoms with Crippen molar-refractivity contribution in [3.8, 4) is 0 Å². The molecule has 1 aliphatic rings. The molecule has 0 heterocycles. The second-order valence-corrected chi connectivity index (χ2v) is 7.20. The Balaban J connectivity index is 1.55. The Hall–Kier alpha value is -1.65. The van der Waals surface area contributed by atoms with Crippen LogP contribution in [0.1, 0.15) is 36.4 Å². The first-order valence-electron chi connectivity index (χ1n) is 7.92. The van der Waals surface area contributed by atoms with Crippen LogP contribution < -0.4 is 11.1 Å². The highest BCUT2D eigenvalue weighted by molar-refractivity contribution is 9.10. The van der Waals surface area contributed by atoms with Gasteiger partial charge in [-0.05, 0) is 36.1 Å². The molecule has 0 bridgehead atoms. The van der Waals surface area contributed by atoms with Gasteiger partial charge in [0.05, 0.1) is 0 Å². The van der Waals surface area contributed by atoms with Crippen LogP contribution in [0.15, 0.2) is 59.1 Å². The average Bonchev–Trinajstić information content (AvgIpc) is 3.35. The van der Waals surface area contributed by atoms with Crippen LogP contribution in [0, 0.1) is 0 Å². The number of halogens is 1. The third kappa shape index (κ3) is 4.01. The van der Waals surface area contributed by atoms with Gasteiger partial charge in [-0.1, -0.05) is 58.4 Å². The first kappa shape index (κ1) is 16.2. The van der Waals surface area contributed by atoms with Crippen molar-refractivity contribution in [3.63, 3.8) is 0 Å². The molecule has 0 spiro atoms. The number of rotatable bonds is 6. The van der Waals surface area contributed by atoms with E-state index in [1.165, 1.54) is 5.56 Å². The summed E-state index contributed by atoms with van der Waals surface area (Å²) >= 11 is 3.52. The average molecular weight is 373 g/mol. The molecule has 2 aromatic carbocycles. The van der Waals surface area contributed by atoms with Gasteiger partial charge in [-0.2, -0.15) is 0 Å². The summed E-state index contributed by atoms with van der Waals surface area (Å²) in [6, 6.07) is 17.9. The van der Waals surface area contributed by atoms with E-state index in [2.05, 4.69) is 33.4 Å². The van der Waals surface area contributed by atoms with Crippen LogP contribution in [0.2, 0.25) is 0 Å². The van der Waals surface area contributed by atoms with E-state index in [4.69, 9.17) is 5.73 Å². The molecule has 4 heteroatoms. The highest BCUT2D eigenvalue weighted by Gasteiger charge is 2.44. The number of carbonyl (C=O) groups is 1. The van der Waals surface area contributed by atoms with Gasteiger partial charge in [0.25, 0.3) is 0 Å². The molecule has 3 nitrogen and oxygen atoms in total. The van der Waals surface area contributed by atoms with Crippen LogP contribution in [-0.2, 0) is 10.2 Å². The third-order valence-electron chi connectivity index (χ3n) is 4.55. The number of nitrogens with two attached hydrogens (primary N) is 1. The van der Waals surface area contributed by atoms with Crippen molar-refractivity contribution in [1.82, 2.24) is 5.32 Å². The predicted octanol–water partition coefficient (Wildman–Crippen LogP) is 3.69. The highest BCUT2D eigenvalue weighted by atomic mass is 79.9. The topological polar surface area (TPSA) is 55.1 Å². The van der Waals surface area contributed by atoms with Gasteiger partial charge in [0, 0.05) is 28.9 Å². The smallest absolute Gasteiger partial charge is 0.221 e. The summed E-state index contributed by atoms with van der Waals surface area (Å²) in [5.74, 6) is 0.0163. The number of benzene rings is 2. The zero-order valence-corrected chi connectivity index (χ0v) is 14.6. The summed E-state index contributed by atoms with van der Waals surface area (Å²) < 4.78 is 1.08. The maximum absolute atomic E-state index is 12.2. The summed E-state index contributed by atoms with van der Waals surface area (Å²) in [6.45, 7) is 0.684. The third-order valence-corrected chi connectivity index (χ3v) is 5.04. The molecule has 1 fully saturated rings. The van der Waals surface area contributed by atoms with E-state index in [1.807, 2.05) is 42.5 Å². The molecule has 120 valence electrons. The molecule has 3 N–H and O–H groups in total. The van der Waals surface area contributed by atoms with Crippen LogP contribution in [0.5, 0.6) is 0 Å². The Morgan fingerprint density at radius 1 is 1.17 bits per heavy atom. The Morgan fingerprint density at radius 3 is 2.57 bits per heavy atom. The maximum atomic E-state index is 12.2. The monoisotopic (exact) mass is 372 g/mol. The fourth-order valence-corrected chi connectivity index (χ4v) is 3.29. The van der Waals surface area contributed by atoms with Gasteiger partial charge < -0.3 is 11.1 Å². The van der Waals surface area contributed by atoms with Gasteiger partial charge >= 0.3 is 0 Å². The van der Waals surface area contributed by atoms with E-state index >= 15 is 0 Å². The van der Waals surface area contributed by atoms with Crippen molar-refractivity contribution < 1.29 is 4.79 Å². The van der Waals surface area contributed by atoms with Gasteiger partial charge in [0.1, 0.15) is 0 Å². The lowest BCUT2D eigenvalue weighted by molar-refractivity contribution is -0.121. The number of hydrogen-bond donors (Lipinski definition) is 2. The standard InChI is InChI=1S/C19H21BrN2O/c20-16-8-4-7-15(11-16)19(9-10-19)13-22-18(23)12-17(21)14-5-2-1-3-6-14/h1-8,11,17H,9-10,12-13,21H2,(H,22,23). The molecular formula is C19H21BrN2O. The molecule has 0 aliphatic heterocycles. The minimum Gasteiger partial charge on any atom is -0.355 e. The van der Waals surface area contributed by atoms with Crippen molar-refractivity contribution in [3.05, 3.63) is 70.2 Å². The maximum Gasteiger partial charge on any atom is 0.221 e. The summed E-state index contributed by atoms with van der Waals surface area (Å²) in [4.78, 5) is 12.2. The van der Waals surface area contributed by atoms with Crippen LogP contribution in [-0.4, -0.2) is 12.5 Å². The van der Waals surface area contributed by atoms with Crippen molar-refractivity contribution in [2.75, 3.05) is 6.54 Å².